The van der Waals surface area contributed by atoms with Crippen molar-refractivity contribution < 1.29 is 13.6 Å². The molecule has 0 unspecified atom stereocenters. The first-order valence-corrected chi connectivity index (χ1v) is 9.10. The van der Waals surface area contributed by atoms with E-state index in [0.29, 0.717) is 28.1 Å². The minimum absolute atomic E-state index is 0.0638. The van der Waals surface area contributed by atoms with E-state index in [9.17, 15) is 13.6 Å². The second-order valence-electron chi connectivity index (χ2n) is 6.69. The van der Waals surface area contributed by atoms with E-state index in [1.165, 1.54) is 6.20 Å². The summed E-state index contributed by atoms with van der Waals surface area (Å²) in [5.41, 5.74) is 6.02. The molecular formula is C21H13F2N7O. The summed E-state index contributed by atoms with van der Waals surface area (Å²) in [6.07, 6.45) is 9.39. The van der Waals surface area contributed by atoms with Gasteiger partial charge in [0.15, 0.2) is 11.6 Å². The van der Waals surface area contributed by atoms with Crippen LogP contribution in [0.3, 0.4) is 0 Å². The predicted octanol–water partition coefficient (Wildman–Crippen LogP) is 3.30. The number of aromatic amines is 1. The average Bonchev–Trinajstić information content (AvgIpc) is 3.46. The molecule has 0 aliphatic heterocycles. The van der Waals surface area contributed by atoms with E-state index in [2.05, 4.69) is 25.0 Å². The van der Waals surface area contributed by atoms with Crippen LogP contribution in [0.2, 0.25) is 0 Å². The molecule has 0 amide bonds. The molecule has 5 rings (SSSR count). The molecule has 0 saturated heterocycles. The summed E-state index contributed by atoms with van der Waals surface area (Å²) in [7, 11) is 0. The van der Waals surface area contributed by atoms with Crippen LogP contribution >= 0.6 is 0 Å². The summed E-state index contributed by atoms with van der Waals surface area (Å²) in [6.45, 7) is 0. The van der Waals surface area contributed by atoms with Gasteiger partial charge in [0.25, 0.3) is 0 Å². The highest BCUT2D eigenvalue weighted by atomic mass is 19.1. The maximum absolute atomic E-state index is 14.4. The van der Waals surface area contributed by atoms with Crippen molar-refractivity contribution in [2.24, 2.45) is 0 Å². The Morgan fingerprint density at radius 2 is 1.97 bits per heavy atom. The summed E-state index contributed by atoms with van der Waals surface area (Å²) >= 11 is 0. The predicted molar refractivity (Wildman–Crippen MR) is 108 cm³/mol. The van der Waals surface area contributed by atoms with E-state index in [-0.39, 0.29) is 11.3 Å². The fraction of sp³-hybridized carbons (Fsp3) is 0. The lowest BCUT2D eigenvalue weighted by molar-refractivity contribution is 0.103. The van der Waals surface area contributed by atoms with Gasteiger partial charge in [0.1, 0.15) is 11.5 Å². The third-order valence-electron chi connectivity index (χ3n) is 4.80. The first kappa shape index (κ1) is 18.6. The second-order valence-corrected chi connectivity index (χ2v) is 6.69. The average molecular weight is 417 g/mol. The van der Waals surface area contributed by atoms with Gasteiger partial charge in [-0.2, -0.15) is 5.10 Å². The van der Waals surface area contributed by atoms with Crippen molar-refractivity contribution in [1.29, 1.82) is 0 Å². The minimum Gasteiger partial charge on any atom is -0.396 e. The van der Waals surface area contributed by atoms with Gasteiger partial charge in [-0.15, -0.1) is 0 Å². The number of pyridine rings is 1. The molecule has 4 aromatic heterocycles. The fourth-order valence-electron chi connectivity index (χ4n) is 3.24. The number of benzene rings is 1. The van der Waals surface area contributed by atoms with E-state index in [1.54, 1.807) is 47.8 Å². The molecule has 31 heavy (non-hydrogen) atoms. The number of nitrogen functional groups attached to an aromatic ring is 1. The van der Waals surface area contributed by atoms with Crippen molar-refractivity contribution >= 4 is 22.5 Å². The highest BCUT2D eigenvalue weighted by molar-refractivity contribution is 6.16. The zero-order valence-corrected chi connectivity index (χ0v) is 15.8. The molecule has 0 aliphatic carbocycles. The van der Waals surface area contributed by atoms with E-state index < -0.39 is 23.0 Å². The number of aromatic nitrogens is 6. The number of nitrogens with zero attached hydrogens (tertiary/aromatic N) is 5. The molecule has 0 bridgehead atoms. The lowest BCUT2D eigenvalue weighted by Gasteiger charge is -2.06. The summed E-state index contributed by atoms with van der Waals surface area (Å²) in [4.78, 5) is 28.7. The Balaban J connectivity index is 1.56. The van der Waals surface area contributed by atoms with E-state index >= 15 is 0 Å². The Hall–Kier alpha value is -4.47. The number of carbonyl (C=O) groups excluding carboxylic acids is 1. The third kappa shape index (κ3) is 3.10. The summed E-state index contributed by atoms with van der Waals surface area (Å²) < 4.78 is 30.1. The van der Waals surface area contributed by atoms with Crippen LogP contribution in [0.1, 0.15) is 15.9 Å². The molecular weight excluding hydrogens is 404 g/mol. The Kier molecular flexibility index (Phi) is 4.25. The molecule has 8 nitrogen and oxygen atoms in total. The summed E-state index contributed by atoms with van der Waals surface area (Å²) in [5.74, 6) is -2.39. The number of nitrogens with one attached hydrogen (secondary N) is 1. The number of H-pyrrole nitrogens is 1. The number of anilines is 1. The van der Waals surface area contributed by atoms with Crippen LogP contribution in [-0.4, -0.2) is 35.5 Å². The molecule has 0 spiro atoms. The highest BCUT2D eigenvalue weighted by Gasteiger charge is 2.24. The number of carbonyl (C=O) groups is 1. The Labute approximate surface area is 173 Å². The molecule has 4 heterocycles. The largest absolute Gasteiger partial charge is 0.396 e. The molecule has 0 saturated carbocycles. The van der Waals surface area contributed by atoms with E-state index in [0.717, 1.165) is 12.1 Å². The van der Waals surface area contributed by atoms with Crippen LogP contribution < -0.4 is 5.73 Å². The number of fused-ring (bicyclic) bond motifs is 1. The topological polar surface area (TPSA) is 115 Å². The van der Waals surface area contributed by atoms with Crippen LogP contribution in [0, 0.1) is 11.6 Å². The molecule has 3 N–H and O–H groups in total. The normalized spacial score (nSPS) is 11.2. The first-order valence-electron chi connectivity index (χ1n) is 9.10. The van der Waals surface area contributed by atoms with Crippen LogP contribution in [-0.2, 0) is 0 Å². The third-order valence-corrected chi connectivity index (χ3v) is 4.80. The summed E-state index contributed by atoms with van der Waals surface area (Å²) in [6, 6.07) is 5.46. The maximum Gasteiger partial charge on any atom is 0.201 e. The van der Waals surface area contributed by atoms with Crippen molar-refractivity contribution in [3.05, 3.63) is 84.2 Å². The Bertz CT molecular complexity index is 1430. The zero-order valence-electron chi connectivity index (χ0n) is 15.8. The standard InChI is InChI=1S/C21H13F2N7O/c22-14-2-3-15(24)19(23)18(14)20(31)13-8-28-21-12(13)6-11(7-27-21)16-9-26-17(10-25-16)30-5-1-4-29-30/h1-10H,24H2,(H,27,28). The zero-order chi connectivity index (χ0) is 21.5. The van der Waals surface area contributed by atoms with Gasteiger partial charge in [0.05, 0.1) is 29.3 Å². The molecule has 0 radical (unpaired) electrons. The van der Waals surface area contributed by atoms with Crippen molar-refractivity contribution in [1.82, 2.24) is 29.7 Å². The van der Waals surface area contributed by atoms with Gasteiger partial charge in [0, 0.05) is 41.3 Å². The van der Waals surface area contributed by atoms with Gasteiger partial charge < -0.3 is 10.7 Å². The van der Waals surface area contributed by atoms with Crippen molar-refractivity contribution in [2.75, 3.05) is 5.73 Å². The molecule has 10 heteroatoms. The quantitative estimate of drug-likeness (QED) is 0.342. The molecule has 0 aliphatic rings. The van der Waals surface area contributed by atoms with Gasteiger partial charge in [0.2, 0.25) is 5.78 Å². The fourth-order valence-corrected chi connectivity index (χ4v) is 3.24. The number of hydrogen-bond donors (Lipinski definition) is 2. The molecule has 152 valence electrons. The van der Waals surface area contributed by atoms with Crippen molar-refractivity contribution in [2.45, 2.75) is 0 Å². The van der Waals surface area contributed by atoms with Gasteiger partial charge >= 0.3 is 0 Å². The second kappa shape index (κ2) is 7.10. The summed E-state index contributed by atoms with van der Waals surface area (Å²) in [5, 5.41) is 4.48. The van der Waals surface area contributed by atoms with Crippen LogP contribution in [0.15, 0.2) is 61.4 Å². The van der Waals surface area contributed by atoms with E-state index in [1.807, 2.05) is 0 Å². The Morgan fingerprint density at radius 3 is 2.71 bits per heavy atom. The Morgan fingerprint density at radius 1 is 1.10 bits per heavy atom. The molecule has 1 aromatic carbocycles. The van der Waals surface area contributed by atoms with Gasteiger partial charge in [-0.3, -0.25) is 9.78 Å². The minimum atomic E-state index is -1.09. The lowest BCUT2D eigenvalue weighted by atomic mass is 10.0. The molecule has 5 aromatic rings. The van der Waals surface area contributed by atoms with Crippen molar-refractivity contribution in [3.8, 4) is 17.1 Å². The van der Waals surface area contributed by atoms with Gasteiger partial charge in [-0.25, -0.2) is 23.4 Å². The highest BCUT2D eigenvalue weighted by Crippen LogP contribution is 2.28. The number of nitrogens with two attached hydrogens (primary N) is 1. The first-order chi connectivity index (χ1) is 15.0. The van der Waals surface area contributed by atoms with Crippen LogP contribution in [0.5, 0.6) is 0 Å². The van der Waals surface area contributed by atoms with Crippen molar-refractivity contribution in [3.63, 3.8) is 0 Å². The molecule has 0 fully saturated rings. The SMILES string of the molecule is Nc1ccc(F)c(C(=O)c2c[nH]c3ncc(-c4cnc(-n5cccn5)cn4)cc23)c1F. The number of ketones is 1. The number of rotatable bonds is 4. The smallest absolute Gasteiger partial charge is 0.201 e. The number of halogens is 2. The van der Waals surface area contributed by atoms with Gasteiger partial charge in [-0.1, -0.05) is 0 Å². The van der Waals surface area contributed by atoms with Gasteiger partial charge in [-0.05, 0) is 24.3 Å². The maximum atomic E-state index is 14.4. The van der Waals surface area contributed by atoms with E-state index in [4.69, 9.17) is 5.73 Å². The lowest BCUT2D eigenvalue weighted by Crippen LogP contribution is -2.09. The van der Waals surface area contributed by atoms with Crippen LogP contribution in [0.4, 0.5) is 14.5 Å². The monoisotopic (exact) mass is 417 g/mol. The van der Waals surface area contributed by atoms with Crippen LogP contribution in [0.25, 0.3) is 28.1 Å². The number of hydrogen-bond acceptors (Lipinski definition) is 6. The molecule has 0 atom stereocenters.